The van der Waals surface area contributed by atoms with E-state index in [4.69, 9.17) is 0 Å². The lowest BCUT2D eigenvalue weighted by Gasteiger charge is -2.13. The van der Waals surface area contributed by atoms with Gasteiger partial charge in [0.15, 0.2) is 0 Å². The summed E-state index contributed by atoms with van der Waals surface area (Å²) in [5, 5.41) is 4.61. The van der Waals surface area contributed by atoms with Crippen LogP contribution < -0.4 is 5.32 Å². The number of fused-ring (bicyclic) bond motifs is 1. The van der Waals surface area contributed by atoms with Gasteiger partial charge in [0.25, 0.3) is 0 Å². The number of rotatable bonds is 4. The van der Waals surface area contributed by atoms with Crippen LogP contribution in [0.5, 0.6) is 0 Å². The molecule has 0 fully saturated rings. The molecule has 21 heavy (non-hydrogen) atoms. The minimum absolute atomic E-state index is 0.884. The Morgan fingerprint density at radius 1 is 1.00 bits per heavy atom. The summed E-state index contributed by atoms with van der Waals surface area (Å²) in [5.74, 6) is 0. The van der Waals surface area contributed by atoms with Crippen molar-refractivity contribution in [2.75, 3.05) is 6.54 Å². The van der Waals surface area contributed by atoms with E-state index in [0.29, 0.717) is 0 Å². The van der Waals surface area contributed by atoms with Crippen LogP contribution in [0.2, 0.25) is 0 Å². The van der Waals surface area contributed by atoms with Gasteiger partial charge in [0, 0.05) is 23.7 Å². The Kier molecular flexibility index (Phi) is 3.98. The molecule has 2 aromatic carbocycles. The van der Waals surface area contributed by atoms with E-state index >= 15 is 0 Å². The lowest BCUT2D eigenvalue weighted by Crippen LogP contribution is -2.12. The van der Waals surface area contributed by atoms with Gasteiger partial charge in [0.05, 0.1) is 5.52 Å². The number of nitrogens with zero attached hydrogens (tertiary/aromatic N) is 1. The van der Waals surface area contributed by atoms with E-state index in [1.165, 1.54) is 27.6 Å². The lowest BCUT2D eigenvalue weighted by atomic mass is 9.95. The normalized spacial score (nSPS) is 11.0. The third kappa shape index (κ3) is 2.81. The second kappa shape index (κ2) is 6.06. The van der Waals surface area contributed by atoms with E-state index in [-0.39, 0.29) is 0 Å². The largest absolute Gasteiger partial charge is 0.313 e. The maximum Gasteiger partial charge on any atom is 0.0780 e. The average Bonchev–Trinajstić information content (AvgIpc) is 2.53. The van der Waals surface area contributed by atoms with Gasteiger partial charge in [-0.2, -0.15) is 0 Å². The van der Waals surface area contributed by atoms with Gasteiger partial charge in [-0.3, -0.25) is 4.98 Å². The molecule has 106 valence electrons. The van der Waals surface area contributed by atoms with Crippen LogP contribution in [0, 0.1) is 6.92 Å². The molecule has 0 aliphatic rings. The van der Waals surface area contributed by atoms with Crippen LogP contribution in [0.25, 0.3) is 22.0 Å². The summed E-state index contributed by atoms with van der Waals surface area (Å²) in [6, 6.07) is 17.2. The molecule has 0 radical (unpaired) electrons. The Morgan fingerprint density at radius 2 is 1.86 bits per heavy atom. The van der Waals surface area contributed by atoms with Crippen LogP contribution in [0.15, 0.2) is 54.7 Å². The van der Waals surface area contributed by atoms with Gasteiger partial charge in [-0.1, -0.05) is 55.0 Å². The molecular formula is C19H20N2. The van der Waals surface area contributed by atoms with Crippen LogP contribution in [-0.4, -0.2) is 11.5 Å². The summed E-state index contributed by atoms with van der Waals surface area (Å²) in [7, 11) is 0. The SMILES string of the molecule is CCNCc1ccc(C)cc1-c1cccc2cccnc12. The molecule has 0 aliphatic heterocycles. The highest BCUT2D eigenvalue weighted by atomic mass is 14.8. The highest BCUT2D eigenvalue weighted by molar-refractivity contribution is 5.94. The molecule has 0 atom stereocenters. The van der Waals surface area contributed by atoms with E-state index in [9.17, 15) is 0 Å². The maximum absolute atomic E-state index is 4.59. The zero-order valence-electron chi connectivity index (χ0n) is 12.6. The quantitative estimate of drug-likeness (QED) is 0.767. The first-order valence-electron chi connectivity index (χ1n) is 7.44. The molecule has 0 amide bonds. The van der Waals surface area contributed by atoms with Crippen molar-refractivity contribution < 1.29 is 0 Å². The van der Waals surface area contributed by atoms with Crippen molar-refractivity contribution in [3.8, 4) is 11.1 Å². The fourth-order valence-corrected chi connectivity index (χ4v) is 2.68. The van der Waals surface area contributed by atoms with Crippen molar-refractivity contribution >= 4 is 10.9 Å². The predicted molar refractivity (Wildman–Crippen MR) is 89.3 cm³/mol. The van der Waals surface area contributed by atoms with Crippen molar-refractivity contribution in [2.24, 2.45) is 0 Å². The number of nitrogens with one attached hydrogen (secondary N) is 1. The molecule has 2 heteroatoms. The van der Waals surface area contributed by atoms with Gasteiger partial charge in [0.1, 0.15) is 0 Å². The number of aromatic nitrogens is 1. The molecule has 1 N–H and O–H groups in total. The van der Waals surface area contributed by atoms with Crippen molar-refractivity contribution in [1.29, 1.82) is 0 Å². The summed E-state index contributed by atoms with van der Waals surface area (Å²) in [6.45, 7) is 6.13. The third-order valence-electron chi connectivity index (χ3n) is 3.75. The topological polar surface area (TPSA) is 24.9 Å². The van der Waals surface area contributed by atoms with E-state index in [0.717, 1.165) is 18.6 Å². The number of pyridine rings is 1. The van der Waals surface area contributed by atoms with Gasteiger partial charge in [-0.25, -0.2) is 0 Å². The van der Waals surface area contributed by atoms with Gasteiger partial charge in [0.2, 0.25) is 0 Å². The van der Waals surface area contributed by atoms with Crippen LogP contribution >= 0.6 is 0 Å². The van der Waals surface area contributed by atoms with Crippen molar-refractivity contribution in [3.63, 3.8) is 0 Å². The fraction of sp³-hybridized carbons (Fsp3) is 0.211. The molecule has 1 aromatic heterocycles. The highest BCUT2D eigenvalue weighted by Gasteiger charge is 2.09. The zero-order valence-corrected chi connectivity index (χ0v) is 12.6. The van der Waals surface area contributed by atoms with Crippen molar-refractivity contribution in [3.05, 3.63) is 65.9 Å². The Balaban J connectivity index is 2.19. The first-order chi connectivity index (χ1) is 10.3. The van der Waals surface area contributed by atoms with Crippen LogP contribution in [0.1, 0.15) is 18.1 Å². The van der Waals surface area contributed by atoms with E-state index < -0.39 is 0 Å². The minimum atomic E-state index is 0.884. The minimum Gasteiger partial charge on any atom is -0.313 e. The summed E-state index contributed by atoms with van der Waals surface area (Å²) < 4.78 is 0. The Bertz CT molecular complexity index is 757. The van der Waals surface area contributed by atoms with Crippen LogP contribution in [-0.2, 0) is 6.54 Å². The van der Waals surface area contributed by atoms with Crippen LogP contribution in [0.3, 0.4) is 0 Å². The Hall–Kier alpha value is -2.19. The maximum atomic E-state index is 4.59. The number of hydrogen-bond donors (Lipinski definition) is 1. The molecule has 0 saturated carbocycles. The predicted octanol–water partition coefficient (Wildman–Crippen LogP) is 4.32. The second-order valence-electron chi connectivity index (χ2n) is 5.32. The highest BCUT2D eigenvalue weighted by Crippen LogP contribution is 2.30. The van der Waals surface area contributed by atoms with Gasteiger partial charge >= 0.3 is 0 Å². The molecule has 0 unspecified atom stereocenters. The average molecular weight is 276 g/mol. The number of hydrogen-bond acceptors (Lipinski definition) is 2. The van der Waals surface area contributed by atoms with Gasteiger partial charge < -0.3 is 5.32 Å². The molecule has 0 aliphatic carbocycles. The molecule has 3 aromatic rings. The third-order valence-corrected chi connectivity index (χ3v) is 3.75. The fourth-order valence-electron chi connectivity index (χ4n) is 2.68. The first kappa shape index (κ1) is 13.8. The Morgan fingerprint density at radius 3 is 2.71 bits per heavy atom. The summed E-state index contributed by atoms with van der Waals surface area (Å²) in [5.41, 5.74) is 6.16. The standard InChI is InChI=1S/C19H20N2/c1-3-20-13-16-10-9-14(2)12-18(16)17-8-4-6-15-7-5-11-21-19(15)17/h4-12,20H,3,13H2,1-2H3. The molecule has 1 heterocycles. The van der Waals surface area contributed by atoms with Crippen molar-refractivity contribution in [2.45, 2.75) is 20.4 Å². The molecule has 0 spiro atoms. The molecule has 2 nitrogen and oxygen atoms in total. The molecule has 0 bridgehead atoms. The summed E-state index contributed by atoms with van der Waals surface area (Å²) in [4.78, 5) is 4.59. The molecule has 3 rings (SSSR count). The number of aryl methyl sites for hydroxylation is 1. The smallest absolute Gasteiger partial charge is 0.0780 e. The molecular weight excluding hydrogens is 256 g/mol. The number of benzene rings is 2. The first-order valence-corrected chi connectivity index (χ1v) is 7.44. The van der Waals surface area contributed by atoms with Gasteiger partial charge in [-0.15, -0.1) is 0 Å². The monoisotopic (exact) mass is 276 g/mol. The van der Waals surface area contributed by atoms with Crippen LogP contribution in [0.4, 0.5) is 0 Å². The van der Waals surface area contributed by atoms with E-state index in [1.54, 1.807) is 0 Å². The summed E-state index contributed by atoms with van der Waals surface area (Å²) in [6.07, 6.45) is 1.87. The molecule has 0 saturated heterocycles. The lowest BCUT2D eigenvalue weighted by molar-refractivity contribution is 0.728. The van der Waals surface area contributed by atoms with E-state index in [2.05, 4.69) is 66.6 Å². The summed E-state index contributed by atoms with van der Waals surface area (Å²) >= 11 is 0. The van der Waals surface area contributed by atoms with Gasteiger partial charge in [-0.05, 0) is 30.7 Å². The number of para-hydroxylation sites is 1. The zero-order chi connectivity index (χ0) is 14.7. The second-order valence-corrected chi connectivity index (χ2v) is 5.32. The van der Waals surface area contributed by atoms with Crippen molar-refractivity contribution in [1.82, 2.24) is 10.3 Å². The Labute approximate surface area is 125 Å². The van der Waals surface area contributed by atoms with E-state index in [1.807, 2.05) is 12.3 Å².